The summed E-state index contributed by atoms with van der Waals surface area (Å²) >= 11 is 0. The third kappa shape index (κ3) is 1.68. The number of carboxylic acid groups (broad SMARTS) is 1. The molecule has 0 amide bonds. The summed E-state index contributed by atoms with van der Waals surface area (Å²) in [5.41, 5.74) is 0. The third-order valence-electron chi connectivity index (χ3n) is 1.50. The monoisotopic (exact) mass is 128 g/mol. The minimum atomic E-state index is -0.701. The SMILES string of the molecule is [CH2]N1CC(CC(=O)O)C1. The van der Waals surface area contributed by atoms with Crippen LogP contribution in [0, 0.1) is 13.0 Å². The lowest BCUT2D eigenvalue weighted by Crippen LogP contribution is -2.43. The zero-order valence-electron chi connectivity index (χ0n) is 5.21. The molecule has 1 radical (unpaired) electrons. The van der Waals surface area contributed by atoms with E-state index >= 15 is 0 Å². The number of aliphatic carboxylic acids is 1. The van der Waals surface area contributed by atoms with Gasteiger partial charge in [-0.1, -0.05) is 0 Å². The van der Waals surface area contributed by atoms with E-state index in [0.29, 0.717) is 12.3 Å². The van der Waals surface area contributed by atoms with Crippen LogP contribution < -0.4 is 0 Å². The van der Waals surface area contributed by atoms with Gasteiger partial charge in [-0.15, -0.1) is 0 Å². The molecule has 0 bridgehead atoms. The minimum absolute atomic E-state index is 0.298. The first-order chi connectivity index (χ1) is 4.18. The summed E-state index contributed by atoms with van der Waals surface area (Å²) in [6.45, 7) is 1.68. The van der Waals surface area contributed by atoms with Crippen molar-refractivity contribution in [2.45, 2.75) is 6.42 Å². The smallest absolute Gasteiger partial charge is 0.303 e. The molecular weight excluding hydrogens is 118 g/mol. The second-order valence-electron chi connectivity index (χ2n) is 2.50. The molecule has 9 heavy (non-hydrogen) atoms. The number of carboxylic acids is 1. The molecule has 1 aliphatic heterocycles. The molecule has 3 heteroatoms. The van der Waals surface area contributed by atoms with Gasteiger partial charge >= 0.3 is 5.97 Å². The number of carbonyl (C=O) groups is 1. The van der Waals surface area contributed by atoms with Gasteiger partial charge < -0.3 is 10.0 Å². The van der Waals surface area contributed by atoms with Gasteiger partial charge in [-0.05, 0) is 5.92 Å². The molecule has 0 unspecified atom stereocenters. The quantitative estimate of drug-likeness (QED) is 0.577. The maximum atomic E-state index is 10.1. The van der Waals surface area contributed by atoms with Crippen LogP contribution in [0.4, 0.5) is 0 Å². The fraction of sp³-hybridized carbons (Fsp3) is 0.667. The Balaban J connectivity index is 2.11. The molecule has 0 aromatic heterocycles. The molecule has 0 aromatic carbocycles. The average molecular weight is 128 g/mol. The van der Waals surface area contributed by atoms with Crippen LogP contribution in [0.2, 0.25) is 0 Å². The first-order valence-electron chi connectivity index (χ1n) is 2.95. The highest BCUT2D eigenvalue weighted by Crippen LogP contribution is 2.16. The molecule has 1 aliphatic rings. The van der Waals surface area contributed by atoms with Crippen LogP contribution in [-0.2, 0) is 4.79 Å². The maximum absolute atomic E-state index is 10.1. The van der Waals surface area contributed by atoms with Crippen LogP contribution in [-0.4, -0.2) is 29.1 Å². The van der Waals surface area contributed by atoms with Gasteiger partial charge in [-0.3, -0.25) is 4.79 Å². The van der Waals surface area contributed by atoms with Crippen molar-refractivity contribution in [1.29, 1.82) is 0 Å². The largest absolute Gasteiger partial charge is 0.481 e. The lowest BCUT2D eigenvalue weighted by Gasteiger charge is -2.34. The van der Waals surface area contributed by atoms with E-state index in [4.69, 9.17) is 5.11 Å². The van der Waals surface area contributed by atoms with E-state index in [1.807, 2.05) is 4.90 Å². The van der Waals surface area contributed by atoms with Crippen molar-refractivity contribution >= 4 is 5.97 Å². The van der Waals surface area contributed by atoms with Crippen LogP contribution in [0.5, 0.6) is 0 Å². The maximum Gasteiger partial charge on any atom is 0.303 e. The van der Waals surface area contributed by atoms with Gasteiger partial charge in [0, 0.05) is 20.1 Å². The standard InChI is InChI=1S/C6H10NO2/c1-7-3-5(4-7)2-6(8)9/h5H,1-4H2,(H,8,9). The van der Waals surface area contributed by atoms with Crippen LogP contribution in [0.3, 0.4) is 0 Å². The Morgan fingerprint density at radius 1 is 1.78 bits per heavy atom. The summed E-state index contributed by atoms with van der Waals surface area (Å²) < 4.78 is 0. The van der Waals surface area contributed by atoms with E-state index in [1.165, 1.54) is 0 Å². The molecule has 0 saturated carbocycles. The highest BCUT2D eigenvalue weighted by Gasteiger charge is 2.24. The van der Waals surface area contributed by atoms with Gasteiger partial charge in [0.15, 0.2) is 0 Å². The van der Waals surface area contributed by atoms with E-state index in [9.17, 15) is 4.79 Å². The average Bonchev–Trinajstić information content (AvgIpc) is 1.60. The van der Waals surface area contributed by atoms with Crippen molar-refractivity contribution in [3.63, 3.8) is 0 Å². The molecule has 1 heterocycles. The summed E-state index contributed by atoms with van der Waals surface area (Å²) in [5.74, 6) is -0.354. The van der Waals surface area contributed by atoms with Crippen molar-refractivity contribution in [3.05, 3.63) is 7.05 Å². The zero-order chi connectivity index (χ0) is 6.85. The molecule has 1 rings (SSSR count). The molecule has 1 N–H and O–H groups in total. The van der Waals surface area contributed by atoms with E-state index in [-0.39, 0.29) is 0 Å². The van der Waals surface area contributed by atoms with Crippen LogP contribution in [0.25, 0.3) is 0 Å². The normalized spacial score (nSPS) is 21.4. The van der Waals surface area contributed by atoms with Crippen LogP contribution in [0.15, 0.2) is 0 Å². The predicted octanol–water partition coefficient (Wildman–Crippen LogP) is 0.184. The van der Waals surface area contributed by atoms with Gasteiger partial charge in [0.1, 0.15) is 0 Å². The summed E-state index contributed by atoms with van der Waals surface area (Å²) in [6, 6.07) is 0. The molecule has 51 valence electrons. The van der Waals surface area contributed by atoms with Gasteiger partial charge in [-0.25, -0.2) is 0 Å². The summed E-state index contributed by atoms with van der Waals surface area (Å²) in [7, 11) is 3.64. The van der Waals surface area contributed by atoms with E-state index < -0.39 is 5.97 Å². The van der Waals surface area contributed by atoms with Crippen molar-refractivity contribution in [1.82, 2.24) is 4.90 Å². The first-order valence-corrected chi connectivity index (χ1v) is 2.95. The first kappa shape index (κ1) is 6.55. The van der Waals surface area contributed by atoms with E-state index in [2.05, 4.69) is 7.05 Å². The van der Waals surface area contributed by atoms with Crippen LogP contribution >= 0.6 is 0 Å². The van der Waals surface area contributed by atoms with Crippen molar-refractivity contribution in [2.75, 3.05) is 13.1 Å². The number of nitrogens with zero attached hydrogens (tertiary/aromatic N) is 1. The predicted molar refractivity (Wildman–Crippen MR) is 32.7 cm³/mol. The minimum Gasteiger partial charge on any atom is -0.481 e. The van der Waals surface area contributed by atoms with Crippen molar-refractivity contribution < 1.29 is 9.90 Å². The fourth-order valence-electron chi connectivity index (χ4n) is 1.05. The molecule has 0 atom stereocenters. The van der Waals surface area contributed by atoms with Crippen molar-refractivity contribution in [3.8, 4) is 0 Å². The lowest BCUT2D eigenvalue weighted by molar-refractivity contribution is -0.139. The molecule has 0 aliphatic carbocycles. The van der Waals surface area contributed by atoms with Gasteiger partial charge in [0.2, 0.25) is 0 Å². The molecular formula is C6H10NO2. The Morgan fingerprint density at radius 3 is 2.67 bits per heavy atom. The third-order valence-corrected chi connectivity index (χ3v) is 1.50. The second kappa shape index (κ2) is 2.35. The number of hydrogen-bond acceptors (Lipinski definition) is 2. The highest BCUT2D eigenvalue weighted by atomic mass is 16.4. The molecule has 0 aromatic rings. The number of hydrogen-bond donors (Lipinski definition) is 1. The van der Waals surface area contributed by atoms with Gasteiger partial charge in [-0.2, -0.15) is 0 Å². The van der Waals surface area contributed by atoms with E-state index in [1.54, 1.807) is 0 Å². The second-order valence-corrected chi connectivity index (χ2v) is 2.50. The van der Waals surface area contributed by atoms with E-state index in [0.717, 1.165) is 13.1 Å². The summed E-state index contributed by atoms with van der Waals surface area (Å²) in [4.78, 5) is 11.9. The Hall–Kier alpha value is -0.570. The number of likely N-dealkylation sites (tertiary alicyclic amines) is 1. The molecule has 1 saturated heterocycles. The lowest BCUT2D eigenvalue weighted by atomic mass is 9.98. The highest BCUT2D eigenvalue weighted by molar-refractivity contribution is 5.67. The van der Waals surface area contributed by atoms with Gasteiger partial charge in [0.25, 0.3) is 0 Å². The summed E-state index contributed by atoms with van der Waals surface area (Å²) in [5, 5.41) is 8.30. The van der Waals surface area contributed by atoms with Crippen molar-refractivity contribution in [2.24, 2.45) is 5.92 Å². The molecule has 1 fully saturated rings. The Kier molecular flexibility index (Phi) is 1.71. The topological polar surface area (TPSA) is 40.5 Å². The van der Waals surface area contributed by atoms with Gasteiger partial charge in [0.05, 0.1) is 6.42 Å². The fourth-order valence-corrected chi connectivity index (χ4v) is 1.05. The van der Waals surface area contributed by atoms with Crippen LogP contribution in [0.1, 0.15) is 6.42 Å². The molecule has 0 spiro atoms. The Bertz CT molecular complexity index is 118. The Labute approximate surface area is 54.3 Å². The Morgan fingerprint density at radius 2 is 2.33 bits per heavy atom. The molecule has 3 nitrogen and oxygen atoms in total. The zero-order valence-corrected chi connectivity index (χ0v) is 5.21. The number of rotatable bonds is 2. The summed E-state index contributed by atoms with van der Waals surface area (Å²) in [6.07, 6.45) is 0.298.